The van der Waals surface area contributed by atoms with Crippen molar-refractivity contribution < 1.29 is 0 Å². The summed E-state index contributed by atoms with van der Waals surface area (Å²) in [6, 6.07) is 0. The molecule has 0 saturated carbocycles. The van der Waals surface area contributed by atoms with E-state index >= 15 is 0 Å². The first-order valence-electron chi connectivity index (χ1n) is 1.69. The maximum atomic E-state index is 3.67. The molecular weight excluding hydrogens is 62.1 g/mol. The number of hydrogen-bond donors (Lipinski definition) is 0. The lowest BCUT2D eigenvalue weighted by Gasteiger charge is -1.73. The highest BCUT2D eigenvalue weighted by atomic mass is 15.2. The molecule has 0 spiro atoms. The van der Waals surface area contributed by atoms with Crippen LogP contribution in [0.25, 0.3) is 0 Å². The third kappa shape index (κ3) is 0.274. The van der Waals surface area contributed by atoms with Gasteiger partial charge >= 0.3 is 0 Å². The average molecular weight is 69.1 g/mol. The van der Waals surface area contributed by atoms with Crippen LogP contribution in [0.15, 0.2) is 12.3 Å². The molecule has 1 saturated heterocycles. The van der Waals surface area contributed by atoms with E-state index in [9.17, 15) is 0 Å². The topological polar surface area (TPSA) is 3.01 Å². The Balaban J connectivity index is 2.47. The summed E-state index contributed by atoms with van der Waals surface area (Å²) in [6.07, 6.45) is 0. The summed E-state index contributed by atoms with van der Waals surface area (Å²) in [6.45, 7) is 4.78. The number of hydrogen-bond acceptors (Lipinski definition) is 1. The minimum absolute atomic E-state index is 1.11. The highest BCUT2D eigenvalue weighted by molar-refractivity contribution is 5.10. The number of nitrogens with zero attached hydrogens (tertiary/aromatic N) is 1. The second-order valence-electron chi connectivity index (χ2n) is 1.42. The van der Waals surface area contributed by atoms with E-state index in [1.807, 2.05) is 7.05 Å². The quantitative estimate of drug-likeness (QED) is 0.373. The van der Waals surface area contributed by atoms with Gasteiger partial charge in [-0.15, -0.1) is 0 Å². The van der Waals surface area contributed by atoms with Crippen LogP contribution in [0, 0.1) is 0 Å². The van der Waals surface area contributed by atoms with Crippen molar-refractivity contribution >= 4 is 0 Å². The third-order valence-electron chi connectivity index (χ3n) is 0.856. The van der Waals surface area contributed by atoms with Crippen LogP contribution in [0.4, 0.5) is 0 Å². The van der Waals surface area contributed by atoms with Crippen molar-refractivity contribution in [3.63, 3.8) is 0 Å². The van der Waals surface area contributed by atoms with Gasteiger partial charge in [0, 0.05) is 12.7 Å². The van der Waals surface area contributed by atoms with E-state index in [1.54, 1.807) is 0 Å². The standard InChI is InChI=1S/C4H7N/c1-4-3-5(4)2/h1,3H2,2H3. The second kappa shape index (κ2) is 0.534. The highest BCUT2D eigenvalue weighted by Gasteiger charge is 2.14. The molecule has 5 heavy (non-hydrogen) atoms. The molecule has 28 valence electrons. The van der Waals surface area contributed by atoms with Gasteiger partial charge in [0.15, 0.2) is 0 Å². The Labute approximate surface area is 31.9 Å². The van der Waals surface area contributed by atoms with Crippen molar-refractivity contribution in [1.29, 1.82) is 0 Å². The smallest absolute Gasteiger partial charge is 0.0566 e. The van der Waals surface area contributed by atoms with Crippen molar-refractivity contribution in [2.75, 3.05) is 13.6 Å². The van der Waals surface area contributed by atoms with Crippen LogP contribution in [0.1, 0.15) is 0 Å². The molecule has 0 N–H and O–H groups in total. The summed E-state index contributed by atoms with van der Waals surface area (Å²) in [4.78, 5) is 2.10. The lowest BCUT2D eigenvalue weighted by Crippen LogP contribution is -1.74. The summed E-state index contributed by atoms with van der Waals surface area (Å²) in [7, 11) is 2.03. The Morgan fingerprint density at radius 1 is 2.00 bits per heavy atom. The van der Waals surface area contributed by atoms with E-state index in [0.717, 1.165) is 6.54 Å². The van der Waals surface area contributed by atoms with Crippen molar-refractivity contribution in [2.45, 2.75) is 0 Å². The molecule has 0 amide bonds. The van der Waals surface area contributed by atoms with Gasteiger partial charge in [-0.05, 0) is 0 Å². The van der Waals surface area contributed by atoms with E-state index in [-0.39, 0.29) is 0 Å². The molecule has 0 unspecified atom stereocenters. The molecular formula is C4H7N. The molecule has 0 bridgehead atoms. The van der Waals surface area contributed by atoms with Crippen LogP contribution in [-0.4, -0.2) is 18.5 Å². The van der Waals surface area contributed by atoms with Crippen molar-refractivity contribution in [3.05, 3.63) is 12.3 Å². The van der Waals surface area contributed by atoms with Crippen LogP contribution in [-0.2, 0) is 0 Å². The van der Waals surface area contributed by atoms with Gasteiger partial charge in [0.05, 0.1) is 6.54 Å². The molecule has 1 rings (SSSR count). The van der Waals surface area contributed by atoms with Crippen LogP contribution >= 0.6 is 0 Å². The Hall–Kier alpha value is -0.460. The maximum absolute atomic E-state index is 3.67. The Kier molecular flexibility index (Phi) is 0.295. The highest BCUT2D eigenvalue weighted by Crippen LogP contribution is 2.13. The predicted molar refractivity (Wildman–Crippen MR) is 21.8 cm³/mol. The van der Waals surface area contributed by atoms with Gasteiger partial charge in [-0.3, -0.25) is 0 Å². The number of likely N-dealkylation sites (N-methyl/N-ethyl adjacent to an activating group) is 1. The lowest BCUT2D eigenvalue weighted by molar-refractivity contribution is 0.730. The molecule has 0 aromatic carbocycles. The molecule has 0 radical (unpaired) electrons. The first-order chi connectivity index (χ1) is 2.30. The molecule has 0 aromatic rings. The van der Waals surface area contributed by atoms with E-state index in [2.05, 4.69) is 11.5 Å². The molecule has 1 fully saturated rings. The minimum Gasteiger partial charge on any atom is -0.371 e. The summed E-state index contributed by atoms with van der Waals surface area (Å²) in [5.74, 6) is 0. The first-order valence-corrected chi connectivity index (χ1v) is 1.69. The fourth-order valence-electron chi connectivity index (χ4n) is 0.238. The largest absolute Gasteiger partial charge is 0.371 e. The van der Waals surface area contributed by atoms with Crippen LogP contribution < -0.4 is 0 Å². The summed E-state index contributed by atoms with van der Waals surface area (Å²) in [5.41, 5.74) is 1.25. The monoisotopic (exact) mass is 69.1 g/mol. The summed E-state index contributed by atoms with van der Waals surface area (Å²) >= 11 is 0. The van der Waals surface area contributed by atoms with Gasteiger partial charge in [0.2, 0.25) is 0 Å². The third-order valence-corrected chi connectivity index (χ3v) is 0.856. The molecule has 0 atom stereocenters. The van der Waals surface area contributed by atoms with Gasteiger partial charge in [0.1, 0.15) is 0 Å². The first kappa shape index (κ1) is 2.76. The molecule has 0 aromatic heterocycles. The molecule has 1 nitrogen and oxygen atoms in total. The van der Waals surface area contributed by atoms with Gasteiger partial charge in [0.25, 0.3) is 0 Å². The van der Waals surface area contributed by atoms with Crippen molar-refractivity contribution in [3.8, 4) is 0 Å². The molecule has 1 heterocycles. The van der Waals surface area contributed by atoms with Gasteiger partial charge in [-0.25, -0.2) is 0 Å². The Bertz CT molecular complexity index is 66.0. The van der Waals surface area contributed by atoms with Crippen LogP contribution in [0.2, 0.25) is 0 Å². The van der Waals surface area contributed by atoms with E-state index in [0.29, 0.717) is 0 Å². The lowest BCUT2D eigenvalue weighted by atomic mass is 10.8. The second-order valence-corrected chi connectivity index (χ2v) is 1.42. The fraction of sp³-hybridized carbons (Fsp3) is 0.500. The average Bonchev–Trinajstić information content (AvgIpc) is 1.79. The van der Waals surface area contributed by atoms with E-state index in [4.69, 9.17) is 0 Å². The van der Waals surface area contributed by atoms with Crippen molar-refractivity contribution in [1.82, 2.24) is 4.90 Å². The molecule has 1 aliphatic heterocycles. The molecule has 1 aliphatic rings. The zero-order valence-corrected chi connectivity index (χ0v) is 3.36. The molecule has 1 heteroatoms. The predicted octanol–water partition coefficient (Wildman–Crippen LogP) is 0.446. The van der Waals surface area contributed by atoms with Gasteiger partial charge < -0.3 is 4.90 Å². The van der Waals surface area contributed by atoms with Gasteiger partial charge in [-0.2, -0.15) is 0 Å². The minimum atomic E-state index is 1.11. The van der Waals surface area contributed by atoms with Gasteiger partial charge in [-0.1, -0.05) is 6.58 Å². The van der Waals surface area contributed by atoms with E-state index < -0.39 is 0 Å². The van der Waals surface area contributed by atoms with Crippen molar-refractivity contribution in [2.24, 2.45) is 0 Å². The van der Waals surface area contributed by atoms with Crippen LogP contribution in [0.5, 0.6) is 0 Å². The number of rotatable bonds is 0. The Morgan fingerprint density at radius 2 is 2.20 bits per heavy atom. The normalized spacial score (nSPS) is 20.2. The maximum Gasteiger partial charge on any atom is 0.0566 e. The van der Waals surface area contributed by atoms with E-state index in [1.165, 1.54) is 5.70 Å². The zero-order valence-electron chi connectivity index (χ0n) is 3.36. The molecule has 0 aliphatic carbocycles. The van der Waals surface area contributed by atoms with Crippen LogP contribution in [0.3, 0.4) is 0 Å². The summed E-state index contributed by atoms with van der Waals surface area (Å²) in [5, 5.41) is 0. The fourth-order valence-corrected chi connectivity index (χ4v) is 0.238. The summed E-state index contributed by atoms with van der Waals surface area (Å²) < 4.78 is 0. The zero-order chi connectivity index (χ0) is 3.86. The SMILES string of the molecule is C=C1CN1C. The Morgan fingerprint density at radius 3 is 2.20 bits per heavy atom.